The molecule has 0 atom stereocenters. The Morgan fingerprint density at radius 2 is 2.07 bits per heavy atom. The topological polar surface area (TPSA) is 78.6 Å². The number of hydrogen-bond acceptors (Lipinski definition) is 4. The number of rotatable bonds is 9. The highest BCUT2D eigenvalue weighted by Gasteiger charge is 2.01. The molecule has 4 N–H and O–H groups in total. The van der Waals surface area contributed by atoms with Crippen LogP contribution in [0.4, 0.5) is 0 Å². The van der Waals surface area contributed by atoms with Crippen molar-refractivity contribution in [3.63, 3.8) is 0 Å². The third kappa shape index (κ3) is 8.35. The summed E-state index contributed by atoms with van der Waals surface area (Å²) in [5.74, 6) is 4.86. The molecule has 0 bridgehead atoms. The summed E-state index contributed by atoms with van der Waals surface area (Å²) in [5, 5.41) is 8.77. The number of hydrazine groups is 1. The summed E-state index contributed by atoms with van der Waals surface area (Å²) in [6.45, 7) is 4.98. The molecule has 0 aliphatic carbocycles. The van der Waals surface area contributed by atoms with Gasteiger partial charge < -0.3 is 10.0 Å². The van der Waals surface area contributed by atoms with Crippen LogP contribution in [0.2, 0.25) is 0 Å². The SMILES string of the molecule is CCN(CCO)CCCCCC(=O)NN. The van der Waals surface area contributed by atoms with Crippen LogP contribution in [0.5, 0.6) is 0 Å². The standard InChI is InChI=1S/C10H23N3O2/c1-2-13(8-9-14)7-5-3-4-6-10(15)12-11/h14H,2-9,11H2,1H3,(H,12,15). The third-order valence-corrected chi connectivity index (χ3v) is 2.40. The van der Waals surface area contributed by atoms with E-state index in [-0.39, 0.29) is 12.5 Å². The molecule has 0 rings (SSSR count). The van der Waals surface area contributed by atoms with Gasteiger partial charge in [0.05, 0.1) is 6.61 Å². The van der Waals surface area contributed by atoms with E-state index in [9.17, 15) is 4.79 Å². The number of amides is 1. The van der Waals surface area contributed by atoms with Crippen molar-refractivity contribution in [2.24, 2.45) is 5.84 Å². The van der Waals surface area contributed by atoms with Crippen LogP contribution in [-0.4, -0.2) is 42.2 Å². The molecule has 0 radical (unpaired) electrons. The summed E-state index contributed by atoms with van der Waals surface area (Å²) in [7, 11) is 0. The van der Waals surface area contributed by atoms with E-state index in [1.165, 1.54) is 0 Å². The lowest BCUT2D eigenvalue weighted by Crippen LogP contribution is -2.30. The summed E-state index contributed by atoms with van der Waals surface area (Å²) in [6.07, 6.45) is 3.46. The van der Waals surface area contributed by atoms with Crippen LogP contribution in [0.25, 0.3) is 0 Å². The molecule has 0 saturated heterocycles. The fourth-order valence-electron chi connectivity index (χ4n) is 1.44. The minimum Gasteiger partial charge on any atom is -0.395 e. The Bertz CT molecular complexity index is 165. The van der Waals surface area contributed by atoms with Crippen LogP contribution in [0, 0.1) is 0 Å². The predicted octanol–water partition coefficient (Wildman–Crippen LogP) is -0.149. The third-order valence-electron chi connectivity index (χ3n) is 2.40. The van der Waals surface area contributed by atoms with Gasteiger partial charge in [-0.3, -0.25) is 10.2 Å². The number of aliphatic hydroxyl groups is 1. The Morgan fingerprint density at radius 3 is 2.60 bits per heavy atom. The van der Waals surface area contributed by atoms with Gasteiger partial charge >= 0.3 is 0 Å². The molecule has 1 amide bonds. The highest BCUT2D eigenvalue weighted by molar-refractivity contribution is 5.74. The summed E-state index contributed by atoms with van der Waals surface area (Å²) < 4.78 is 0. The molecule has 0 aromatic rings. The van der Waals surface area contributed by atoms with Crippen molar-refractivity contribution in [3.8, 4) is 0 Å². The van der Waals surface area contributed by atoms with E-state index in [0.29, 0.717) is 6.42 Å². The molecular formula is C10H23N3O2. The van der Waals surface area contributed by atoms with E-state index in [4.69, 9.17) is 10.9 Å². The number of hydrogen-bond donors (Lipinski definition) is 3. The Balaban J connectivity index is 3.32. The van der Waals surface area contributed by atoms with E-state index < -0.39 is 0 Å². The Labute approximate surface area is 91.6 Å². The van der Waals surface area contributed by atoms with Crippen molar-refractivity contribution in [1.29, 1.82) is 0 Å². The van der Waals surface area contributed by atoms with Crippen molar-refractivity contribution in [3.05, 3.63) is 0 Å². The van der Waals surface area contributed by atoms with Crippen molar-refractivity contribution in [1.82, 2.24) is 10.3 Å². The molecule has 0 fully saturated rings. The zero-order valence-electron chi connectivity index (χ0n) is 9.54. The van der Waals surface area contributed by atoms with Gasteiger partial charge in [0.15, 0.2) is 0 Å². The quantitative estimate of drug-likeness (QED) is 0.217. The second kappa shape index (κ2) is 9.89. The van der Waals surface area contributed by atoms with E-state index in [0.717, 1.165) is 38.9 Å². The molecule has 0 aliphatic rings. The highest BCUT2D eigenvalue weighted by Crippen LogP contribution is 2.01. The zero-order valence-corrected chi connectivity index (χ0v) is 9.54. The van der Waals surface area contributed by atoms with Gasteiger partial charge in [-0.2, -0.15) is 0 Å². The van der Waals surface area contributed by atoms with E-state index >= 15 is 0 Å². The van der Waals surface area contributed by atoms with E-state index in [1.807, 2.05) is 0 Å². The molecule has 5 heteroatoms. The van der Waals surface area contributed by atoms with Crippen molar-refractivity contribution >= 4 is 5.91 Å². The number of unbranched alkanes of at least 4 members (excludes halogenated alkanes) is 2. The van der Waals surface area contributed by atoms with Gasteiger partial charge in [-0.05, 0) is 25.9 Å². The molecule has 0 aliphatic heterocycles. The average molecular weight is 217 g/mol. The first kappa shape index (κ1) is 14.3. The largest absolute Gasteiger partial charge is 0.395 e. The monoisotopic (exact) mass is 217 g/mol. The molecule has 0 unspecified atom stereocenters. The fraction of sp³-hybridized carbons (Fsp3) is 0.900. The minimum atomic E-state index is -0.0993. The number of nitrogens with zero attached hydrogens (tertiary/aromatic N) is 1. The molecule has 0 aromatic heterocycles. The summed E-state index contributed by atoms with van der Waals surface area (Å²) in [5.41, 5.74) is 2.11. The molecular weight excluding hydrogens is 194 g/mol. The smallest absolute Gasteiger partial charge is 0.233 e. The Morgan fingerprint density at radius 1 is 1.33 bits per heavy atom. The number of likely N-dealkylation sites (N-methyl/N-ethyl adjacent to an activating group) is 1. The van der Waals surface area contributed by atoms with Crippen molar-refractivity contribution < 1.29 is 9.90 Å². The average Bonchev–Trinajstić information content (AvgIpc) is 2.26. The van der Waals surface area contributed by atoms with E-state index in [1.54, 1.807) is 0 Å². The van der Waals surface area contributed by atoms with Crippen LogP contribution in [0.3, 0.4) is 0 Å². The van der Waals surface area contributed by atoms with Gasteiger partial charge in [-0.25, -0.2) is 5.84 Å². The second-order valence-electron chi connectivity index (χ2n) is 3.54. The Hall–Kier alpha value is -0.650. The lowest BCUT2D eigenvalue weighted by Gasteiger charge is -2.18. The number of nitrogens with two attached hydrogens (primary N) is 1. The van der Waals surface area contributed by atoms with Crippen LogP contribution >= 0.6 is 0 Å². The molecule has 0 spiro atoms. The minimum absolute atomic E-state index is 0.0993. The lowest BCUT2D eigenvalue weighted by atomic mass is 10.2. The number of nitrogens with one attached hydrogen (secondary N) is 1. The van der Waals surface area contributed by atoms with Crippen molar-refractivity contribution in [2.45, 2.75) is 32.6 Å². The van der Waals surface area contributed by atoms with Crippen LogP contribution < -0.4 is 11.3 Å². The summed E-state index contributed by atoms with van der Waals surface area (Å²) >= 11 is 0. The first-order chi connectivity index (χ1) is 7.24. The van der Waals surface area contributed by atoms with Gasteiger partial charge in [0.1, 0.15) is 0 Å². The van der Waals surface area contributed by atoms with Gasteiger partial charge in [-0.15, -0.1) is 0 Å². The second-order valence-corrected chi connectivity index (χ2v) is 3.54. The number of carbonyl (C=O) groups excluding carboxylic acids is 1. The summed E-state index contributed by atoms with van der Waals surface area (Å²) in [4.78, 5) is 13.0. The van der Waals surface area contributed by atoms with Gasteiger partial charge in [0.25, 0.3) is 0 Å². The molecule has 5 nitrogen and oxygen atoms in total. The van der Waals surface area contributed by atoms with Crippen LogP contribution in [-0.2, 0) is 4.79 Å². The zero-order chi connectivity index (χ0) is 11.5. The van der Waals surface area contributed by atoms with E-state index in [2.05, 4.69) is 17.2 Å². The normalized spacial score (nSPS) is 10.7. The molecule has 0 saturated carbocycles. The molecule has 0 heterocycles. The summed E-state index contributed by atoms with van der Waals surface area (Å²) in [6, 6.07) is 0. The number of carbonyl (C=O) groups is 1. The van der Waals surface area contributed by atoms with Crippen LogP contribution in [0.1, 0.15) is 32.6 Å². The number of aliphatic hydroxyl groups excluding tert-OH is 1. The molecule has 0 aromatic carbocycles. The maximum atomic E-state index is 10.8. The molecule has 15 heavy (non-hydrogen) atoms. The lowest BCUT2D eigenvalue weighted by molar-refractivity contribution is -0.121. The predicted molar refractivity (Wildman–Crippen MR) is 60.0 cm³/mol. The molecule has 90 valence electrons. The maximum absolute atomic E-state index is 10.8. The van der Waals surface area contributed by atoms with Crippen molar-refractivity contribution in [2.75, 3.05) is 26.2 Å². The van der Waals surface area contributed by atoms with Gasteiger partial charge in [0, 0.05) is 13.0 Å². The highest BCUT2D eigenvalue weighted by atomic mass is 16.3. The fourth-order valence-corrected chi connectivity index (χ4v) is 1.44. The first-order valence-corrected chi connectivity index (χ1v) is 5.57. The van der Waals surface area contributed by atoms with Crippen LogP contribution in [0.15, 0.2) is 0 Å². The first-order valence-electron chi connectivity index (χ1n) is 5.57. The Kier molecular flexibility index (Phi) is 9.46. The van der Waals surface area contributed by atoms with Gasteiger partial charge in [0.2, 0.25) is 5.91 Å². The maximum Gasteiger partial charge on any atom is 0.233 e. The van der Waals surface area contributed by atoms with Gasteiger partial charge in [-0.1, -0.05) is 13.3 Å².